The van der Waals surface area contributed by atoms with Crippen molar-refractivity contribution in [3.63, 3.8) is 0 Å². The van der Waals surface area contributed by atoms with Gasteiger partial charge in [-0.05, 0) is 49.2 Å². The Kier molecular flexibility index (Phi) is 6.10. The smallest absolute Gasteiger partial charge is 0.0991 e. The molecule has 2 aromatic heterocycles. The third-order valence-corrected chi connectivity index (χ3v) is 6.49. The number of fused-ring (bicyclic) bond motifs is 1. The van der Waals surface area contributed by atoms with Gasteiger partial charge in [0, 0.05) is 68.0 Å². The van der Waals surface area contributed by atoms with Crippen molar-refractivity contribution in [2.75, 3.05) is 37.0 Å². The molecule has 6 heteroatoms. The molecule has 4 aromatic rings. The fourth-order valence-electron chi connectivity index (χ4n) is 4.97. The van der Waals surface area contributed by atoms with Gasteiger partial charge in [-0.25, -0.2) is 0 Å². The van der Waals surface area contributed by atoms with Crippen molar-refractivity contribution in [2.45, 2.75) is 26.1 Å². The second-order valence-electron chi connectivity index (χ2n) is 9.40. The molecule has 1 saturated heterocycles. The first-order valence-electron chi connectivity index (χ1n) is 11.9. The van der Waals surface area contributed by atoms with Gasteiger partial charge in [0.15, 0.2) is 0 Å². The Bertz CT molecular complexity index is 1380. The van der Waals surface area contributed by atoms with Crippen LogP contribution in [0.4, 0.5) is 11.4 Å². The van der Waals surface area contributed by atoms with Crippen LogP contribution in [0.25, 0.3) is 33.2 Å². The number of morpholine rings is 1. The maximum Gasteiger partial charge on any atom is 0.0991 e. The van der Waals surface area contributed by atoms with E-state index in [1.807, 2.05) is 42.9 Å². The third kappa shape index (κ3) is 4.43. The average Bonchev–Trinajstić information content (AvgIpc) is 2.87. The van der Waals surface area contributed by atoms with Gasteiger partial charge in [0.1, 0.15) is 0 Å². The molecule has 5 rings (SSSR count). The SMILES string of the molecule is C[C@@H]1CN(c2ccc(-c3cnc4c(-c5ccc(C#N)cc5)cncc4c3N(C)C)cc2)C[C@H](C)O1. The Hall–Kier alpha value is -3.95. The number of aromatic nitrogens is 2. The molecule has 2 atom stereocenters. The predicted molar refractivity (Wildman–Crippen MR) is 142 cm³/mol. The number of pyridine rings is 2. The van der Waals surface area contributed by atoms with Crippen molar-refractivity contribution in [2.24, 2.45) is 0 Å². The normalized spacial score (nSPS) is 17.9. The molecule has 176 valence electrons. The molecule has 3 heterocycles. The Balaban J connectivity index is 1.56. The summed E-state index contributed by atoms with van der Waals surface area (Å²) in [6, 6.07) is 18.5. The van der Waals surface area contributed by atoms with Crippen LogP contribution in [0.2, 0.25) is 0 Å². The topological polar surface area (TPSA) is 65.3 Å². The summed E-state index contributed by atoms with van der Waals surface area (Å²) < 4.78 is 5.89. The van der Waals surface area contributed by atoms with Gasteiger partial charge < -0.3 is 14.5 Å². The number of nitriles is 1. The fourth-order valence-corrected chi connectivity index (χ4v) is 4.97. The van der Waals surface area contributed by atoms with E-state index in [4.69, 9.17) is 15.0 Å². The van der Waals surface area contributed by atoms with Crippen molar-refractivity contribution in [3.8, 4) is 28.3 Å². The molecule has 1 aliphatic heterocycles. The lowest BCUT2D eigenvalue weighted by atomic mass is 9.98. The van der Waals surface area contributed by atoms with Gasteiger partial charge in [0.25, 0.3) is 0 Å². The van der Waals surface area contributed by atoms with Crippen LogP contribution in [0.5, 0.6) is 0 Å². The molecule has 0 radical (unpaired) electrons. The molecule has 0 unspecified atom stereocenters. The molecule has 0 N–H and O–H groups in total. The number of hydrogen-bond donors (Lipinski definition) is 0. The largest absolute Gasteiger partial charge is 0.377 e. The lowest BCUT2D eigenvalue weighted by Gasteiger charge is -2.37. The first-order valence-corrected chi connectivity index (χ1v) is 11.9. The molecule has 2 aromatic carbocycles. The Labute approximate surface area is 206 Å². The second kappa shape index (κ2) is 9.36. The highest BCUT2D eigenvalue weighted by atomic mass is 16.5. The van der Waals surface area contributed by atoms with E-state index in [1.54, 1.807) is 0 Å². The van der Waals surface area contributed by atoms with Crippen molar-refractivity contribution in [1.29, 1.82) is 5.26 Å². The zero-order valence-corrected chi connectivity index (χ0v) is 20.6. The van der Waals surface area contributed by atoms with Crippen LogP contribution in [0.1, 0.15) is 19.4 Å². The summed E-state index contributed by atoms with van der Waals surface area (Å²) in [5.74, 6) is 0. The van der Waals surface area contributed by atoms with E-state index in [2.05, 4.69) is 73.1 Å². The second-order valence-corrected chi connectivity index (χ2v) is 9.40. The number of benzene rings is 2. The van der Waals surface area contributed by atoms with E-state index in [-0.39, 0.29) is 12.2 Å². The number of anilines is 2. The first kappa shape index (κ1) is 22.8. The zero-order valence-electron chi connectivity index (χ0n) is 20.6. The van der Waals surface area contributed by atoms with Crippen LogP contribution in [0, 0.1) is 11.3 Å². The van der Waals surface area contributed by atoms with Crippen LogP contribution >= 0.6 is 0 Å². The maximum absolute atomic E-state index is 9.13. The van der Waals surface area contributed by atoms with Crippen molar-refractivity contribution in [1.82, 2.24) is 9.97 Å². The highest BCUT2D eigenvalue weighted by Crippen LogP contribution is 2.38. The first-order chi connectivity index (χ1) is 16.9. The van der Waals surface area contributed by atoms with Crippen LogP contribution in [-0.4, -0.2) is 49.4 Å². The minimum atomic E-state index is 0.223. The molecule has 1 fully saturated rings. The minimum absolute atomic E-state index is 0.223. The van der Waals surface area contributed by atoms with E-state index >= 15 is 0 Å². The Morgan fingerprint density at radius 1 is 0.886 bits per heavy atom. The van der Waals surface area contributed by atoms with Gasteiger partial charge in [-0.2, -0.15) is 5.26 Å². The van der Waals surface area contributed by atoms with Crippen LogP contribution in [-0.2, 0) is 4.74 Å². The summed E-state index contributed by atoms with van der Waals surface area (Å²) >= 11 is 0. The summed E-state index contributed by atoms with van der Waals surface area (Å²) in [5, 5.41) is 10.1. The van der Waals surface area contributed by atoms with Crippen LogP contribution in [0.3, 0.4) is 0 Å². The van der Waals surface area contributed by atoms with E-state index in [9.17, 15) is 0 Å². The zero-order chi connectivity index (χ0) is 24.5. The summed E-state index contributed by atoms with van der Waals surface area (Å²) in [4.78, 5) is 14.0. The number of nitrogens with zero attached hydrogens (tertiary/aromatic N) is 5. The van der Waals surface area contributed by atoms with Gasteiger partial charge in [-0.3, -0.25) is 9.97 Å². The molecule has 0 spiro atoms. The highest BCUT2D eigenvalue weighted by molar-refractivity contribution is 6.04. The standard InChI is InChI=1S/C29H29N5O/c1-19-17-34(18-20(2)35-19)24-11-9-23(10-12-24)26-16-32-28-25(22-7-5-21(13-30)6-8-22)14-31-15-27(28)29(26)33(3)4/h5-12,14-16,19-20H,17-18H2,1-4H3/t19-,20+. The summed E-state index contributed by atoms with van der Waals surface area (Å²) in [6.45, 7) is 6.05. The number of rotatable bonds is 4. The number of ether oxygens (including phenoxy) is 1. The highest BCUT2D eigenvalue weighted by Gasteiger charge is 2.23. The van der Waals surface area contributed by atoms with Crippen molar-refractivity contribution < 1.29 is 4.74 Å². The quantitative estimate of drug-likeness (QED) is 0.397. The molecule has 0 bridgehead atoms. The number of hydrogen-bond acceptors (Lipinski definition) is 6. The molecular formula is C29H29N5O. The van der Waals surface area contributed by atoms with Crippen LogP contribution < -0.4 is 9.80 Å². The molecule has 0 aliphatic carbocycles. The average molecular weight is 464 g/mol. The third-order valence-electron chi connectivity index (χ3n) is 6.49. The van der Waals surface area contributed by atoms with Gasteiger partial charge in [0.2, 0.25) is 0 Å². The molecule has 6 nitrogen and oxygen atoms in total. The molecule has 35 heavy (non-hydrogen) atoms. The summed E-state index contributed by atoms with van der Waals surface area (Å²) in [5.41, 5.74) is 7.94. The maximum atomic E-state index is 9.13. The Morgan fingerprint density at radius 2 is 1.51 bits per heavy atom. The lowest BCUT2D eigenvalue weighted by Crippen LogP contribution is -2.45. The molecule has 0 amide bonds. The summed E-state index contributed by atoms with van der Waals surface area (Å²) in [7, 11) is 4.11. The Morgan fingerprint density at radius 3 is 2.14 bits per heavy atom. The molecule has 1 aliphatic rings. The lowest BCUT2D eigenvalue weighted by molar-refractivity contribution is -0.00521. The fraction of sp³-hybridized carbons (Fsp3) is 0.276. The van der Waals surface area contributed by atoms with Crippen molar-refractivity contribution in [3.05, 3.63) is 72.7 Å². The van der Waals surface area contributed by atoms with Gasteiger partial charge in [-0.15, -0.1) is 0 Å². The van der Waals surface area contributed by atoms with Gasteiger partial charge in [0.05, 0.1) is 35.0 Å². The molecule has 0 saturated carbocycles. The monoisotopic (exact) mass is 463 g/mol. The van der Waals surface area contributed by atoms with E-state index in [0.29, 0.717) is 5.56 Å². The van der Waals surface area contributed by atoms with Crippen LogP contribution in [0.15, 0.2) is 67.1 Å². The summed E-state index contributed by atoms with van der Waals surface area (Å²) in [6.07, 6.45) is 6.13. The predicted octanol–water partition coefficient (Wildman–Crippen LogP) is 5.52. The van der Waals surface area contributed by atoms with E-state index in [0.717, 1.165) is 51.9 Å². The van der Waals surface area contributed by atoms with E-state index < -0.39 is 0 Å². The minimum Gasteiger partial charge on any atom is -0.377 e. The van der Waals surface area contributed by atoms with Gasteiger partial charge >= 0.3 is 0 Å². The van der Waals surface area contributed by atoms with Crippen molar-refractivity contribution >= 4 is 22.3 Å². The molecular weight excluding hydrogens is 434 g/mol. The van der Waals surface area contributed by atoms with E-state index in [1.165, 1.54) is 5.69 Å². The van der Waals surface area contributed by atoms with Gasteiger partial charge in [-0.1, -0.05) is 24.3 Å².